The summed E-state index contributed by atoms with van der Waals surface area (Å²) in [5.74, 6) is 0.708. The van der Waals surface area contributed by atoms with Crippen LogP contribution in [0.4, 0.5) is 10.5 Å². The van der Waals surface area contributed by atoms with Crippen LogP contribution < -0.4 is 10.1 Å². The number of anilines is 1. The molecule has 3 rings (SSSR count). The van der Waals surface area contributed by atoms with Crippen molar-refractivity contribution in [3.63, 3.8) is 0 Å². The lowest BCUT2D eigenvalue weighted by Crippen LogP contribution is -2.34. The standard InChI is InChI=1S/C20H24N2O2/c1-3-24-19-9-5-4-7-17(19)21-20(23)22-14-6-8-18(22)16-12-10-15(2)11-13-16/h4-5,7,9-13,18H,3,6,8,14H2,1-2H3,(H,21,23)/t18-/m1/s1. The summed E-state index contributed by atoms with van der Waals surface area (Å²) >= 11 is 0. The highest BCUT2D eigenvalue weighted by Crippen LogP contribution is 2.33. The lowest BCUT2D eigenvalue weighted by atomic mass is 10.0. The first-order valence-electron chi connectivity index (χ1n) is 8.55. The number of rotatable bonds is 4. The summed E-state index contributed by atoms with van der Waals surface area (Å²) in [4.78, 5) is 14.7. The van der Waals surface area contributed by atoms with Crippen molar-refractivity contribution in [3.8, 4) is 5.75 Å². The maximum atomic E-state index is 12.8. The Bertz CT molecular complexity index is 697. The van der Waals surface area contributed by atoms with E-state index in [1.807, 2.05) is 36.1 Å². The van der Waals surface area contributed by atoms with Gasteiger partial charge in [0.15, 0.2) is 0 Å². The van der Waals surface area contributed by atoms with E-state index < -0.39 is 0 Å². The molecule has 1 heterocycles. The summed E-state index contributed by atoms with van der Waals surface area (Å²) in [7, 11) is 0. The Labute approximate surface area is 143 Å². The first-order valence-corrected chi connectivity index (χ1v) is 8.55. The van der Waals surface area contributed by atoms with Crippen LogP contribution in [0.3, 0.4) is 0 Å². The van der Waals surface area contributed by atoms with Crippen molar-refractivity contribution in [1.82, 2.24) is 4.90 Å². The molecule has 2 amide bonds. The average Bonchev–Trinajstić information content (AvgIpc) is 3.07. The fourth-order valence-corrected chi connectivity index (χ4v) is 3.18. The van der Waals surface area contributed by atoms with Crippen molar-refractivity contribution in [3.05, 3.63) is 59.7 Å². The quantitative estimate of drug-likeness (QED) is 0.880. The molecule has 0 bridgehead atoms. The summed E-state index contributed by atoms with van der Waals surface area (Å²) < 4.78 is 5.59. The molecule has 1 fully saturated rings. The molecule has 0 saturated carbocycles. The molecule has 1 aliphatic heterocycles. The lowest BCUT2D eigenvalue weighted by molar-refractivity contribution is 0.207. The Balaban J connectivity index is 1.75. The molecule has 4 heteroatoms. The third kappa shape index (κ3) is 3.53. The summed E-state index contributed by atoms with van der Waals surface area (Å²) in [6.45, 7) is 5.36. The highest BCUT2D eigenvalue weighted by molar-refractivity contribution is 5.91. The van der Waals surface area contributed by atoms with E-state index >= 15 is 0 Å². The van der Waals surface area contributed by atoms with E-state index in [0.29, 0.717) is 12.4 Å². The number of para-hydroxylation sites is 2. The molecule has 24 heavy (non-hydrogen) atoms. The summed E-state index contributed by atoms with van der Waals surface area (Å²) in [5.41, 5.74) is 3.16. The fraction of sp³-hybridized carbons (Fsp3) is 0.350. The van der Waals surface area contributed by atoms with Gasteiger partial charge in [-0.2, -0.15) is 0 Å². The highest BCUT2D eigenvalue weighted by atomic mass is 16.5. The highest BCUT2D eigenvalue weighted by Gasteiger charge is 2.30. The predicted octanol–water partition coefficient (Wildman–Crippen LogP) is 4.76. The van der Waals surface area contributed by atoms with Gasteiger partial charge in [-0.1, -0.05) is 42.0 Å². The molecule has 4 nitrogen and oxygen atoms in total. The zero-order valence-corrected chi connectivity index (χ0v) is 14.3. The molecule has 1 N–H and O–H groups in total. The molecule has 0 unspecified atom stereocenters. The number of carbonyl (C=O) groups excluding carboxylic acids is 1. The average molecular weight is 324 g/mol. The molecular weight excluding hydrogens is 300 g/mol. The topological polar surface area (TPSA) is 41.6 Å². The molecule has 0 aliphatic carbocycles. The molecule has 0 spiro atoms. The van der Waals surface area contributed by atoms with E-state index in [1.54, 1.807) is 0 Å². The summed E-state index contributed by atoms with van der Waals surface area (Å²) in [6.07, 6.45) is 2.03. The first-order chi connectivity index (χ1) is 11.7. The second-order valence-corrected chi connectivity index (χ2v) is 6.12. The van der Waals surface area contributed by atoms with Gasteiger partial charge in [-0.15, -0.1) is 0 Å². The van der Waals surface area contributed by atoms with Crippen LogP contribution in [0.1, 0.15) is 36.9 Å². The lowest BCUT2D eigenvalue weighted by Gasteiger charge is -2.26. The monoisotopic (exact) mass is 324 g/mol. The van der Waals surface area contributed by atoms with Crippen molar-refractivity contribution in [2.24, 2.45) is 0 Å². The third-order valence-corrected chi connectivity index (χ3v) is 4.40. The molecule has 0 aromatic heterocycles. The maximum absolute atomic E-state index is 12.8. The molecule has 2 aromatic rings. The van der Waals surface area contributed by atoms with Gasteiger partial charge < -0.3 is 15.0 Å². The zero-order chi connectivity index (χ0) is 16.9. The van der Waals surface area contributed by atoms with Gasteiger partial charge >= 0.3 is 6.03 Å². The SMILES string of the molecule is CCOc1ccccc1NC(=O)N1CCC[C@@H]1c1ccc(C)cc1. The number of likely N-dealkylation sites (tertiary alicyclic amines) is 1. The van der Waals surface area contributed by atoms with E-state index in [2.05, 4.69) is 36.5 Å². The number of benzene rings is 2. The van der Waals surface area contributed by atoms with Gasteiger partial charge in [-0.25, -0.2) is 4.79 Å². The van der Waals surface area contributed by atoms with Crippen molar-refractivity contribution in [2.75, 3.05) is 18.5 Å². The van der Waals surface area contributed by atoms with E-state index in [4.69, 9.17) is 4.74 Å². The fourth-order valence-electron chi connectivity index (χ4n) is 3.18. The van der Waals surface area contributed by atoms with Crippen LogP contribution in [-0.2, 0) is 0 Å². The van der Waals surface area contributed by atoms with Gasteiger partial charge in [0.2, 0.25) is 0 Å². The molecule has 126 valence electrons. The Morgan fingerprint density at radius 3 is 2.71 bits per heavy atom. The van der Waals surface area contributed by atoms with Crippen LogP contribution >= 0.6 is 0 Å². The van der Waals surface area contributed by atoms with Crippen LogP contribution in [0.5, 0.6) is 5.75 Å². The number of urea groups is 1. The Morgan fingerprint density at radius 2 is 1.96 bits per heavy atom. The first kappa shape index (κ1) is 16.4. The third-order valence-electron chi connectivity index (χ3n) is 4.40. The molecular formula is C20H24N2O2. The van der Waals surface area contributed by atoms with Gasteiger partial charge in [-0.3, -0.25) is 0 Å². The minimum atomic E-state index is -0.0646. The second kappa shape index (κ2) is 7.39. The number of nitrogens with zero attached hydrogens (tertiary/aromatic N) is 1. The van der Waals surface area contributed by atoms with Crippen LogP contribution in [0.15, 0.2) is 48.5 Å². The summed E-state index contributed by atoms with van der Waals surface area (Å²) in [5, 5.41) is 3.01. The van der Waals surface area contributed by atoms with Crippen molar-refractivity contribution in [2.45, 2.75) is 32.7 Å². The van der Waals surface area contributed by atoms with E-state index in [1.165, 1.54) is 11.1 Å². The number of hydrogen-bond donors (Lipinski definition) is 1. The minimum absolute atomic E-state index is 0.0646. The number of amides is 2. The molecule has 0 radical (unpaired) electrons. The van der Waals surface area contributed by atoms with Crippen molar-refractivity contribution < 1.29 is 9.53 Å². The predicted molar refractivity (Wildman–Crippen MR) is 96.5 cm³/mol. The number of carbonyl (C=O) groups is 1. The van der Waals surface area contributed by atoms with Gasteiger partial charge in [0.1, 0.15) is 5.75 Å². The Morgan fingerprint density at radius 1 is 1.21 bits per heavy atom. The van der Waals surface area contributed by atoms with Crippen LogP contribution in [0.2, 0.25) is 0 Å². The summed E-state index contributed by atoms with van der Waals surface area (Å²) in [6, 6.07) is 16.1. The molecule has 1 aliphatic rings. The van der Waals surface area contributed by atoms with E-state index in [-0.39, 0.29) is 12.1 Å². The van der Waals surface area contributed by atoms with E-state index in [9.17, 15) is 4.79 Å². The van der Waals surface area contributed by atoms with Crippen molar-refractivity contribution >= 4 is 11.7 Å². The zero-order valence-electron chi connectivity index (χ0n) is 14.3. The van der Waals surface area contributed by atoms with Crippen LogP contribution in [0, 0.1) is 6.92 Å². The number of aryl methyl sites for hydroxylation is 1. The largest absolute Gasteiger partial charge is 0.492 e. The Kier molecular flexibility index (Phi) is 5.04. The number of hydrogen-bond acceptors (Lipinski definition) is 2. The van der Waals surface area contributed by atoms with Gasteiger partial charge in [0.05, 0.1) is 18.3 Å². The Hall–Kier alpha value is -2.49. The minimum Gasteiger partial charge on any atom is -0.492 e. The number of ether oxygens (including phenoxy) is 1. The van der Waals surface area contributed by atoms with Crippen molar-refractivity contribution in [1.29, 1.82) is 0 Å². The molecule has 2 aromatic carbocycles. The van der Waals surface area contributed by atoms with Crippen LogP contribution in [0.25, 0.3) is 0 Å². The van der Waals surface area contributed by atoms with Gasteiger partial charge in [0, 0.05) is 6.54 Å². The van der Waals surface area contributed by atoms with E-state index in [0.717, 1.165) is 25.1 Å². The second-order valence-electron chi connectivity index (χ2n) is 6.12. The molecule has 1 saturated heterocycles. The number of nitrogens with one attached hydrogen (secondary N) is 1. The van der Waals surface area contributed by atoms with Gasteiger partial charge in [0.25, 0.3) is 0 Å². The smallest absolute Gasteiger partial charge is 0.322 e. The van der Waals surface area contributed by atoms with Crippen LogP contribution in [-0.4, -0.2) is 24.1 Å². The van der Waals surface area contributed by atoms with Gasteiger partial charge in [-0.05, 0) is 44.4 Å². The molecule has 1 atom stereocenters. The normalized spacial score (nSPS) is 16.9. The maximum Gasteiger partial charge on any atom is 0.322 e.